The maximum atomic E-state index is 11.8. The summed E-state index contributed by atoms with van der Waals surface area (Å²) in [6.07, 6.45) is 1.48. The molecule has 0 spiro atoms. The van der Waals surface area contributed by atoms with Crippen LogP contribution in [0.15, 0.2) is 30.0 Å². The Kier molecular flexibility index (Phi) is 4.11. The first-order chi connectivity index (χ1) is 9.60. The monoisotopic (exact) mass is 273 g/mol. The molecule has 1 aromatic carbocycles. The minimum atomic E-state index is -0.404. The van der Waals surface area contributed by atoms with Crippen LogP contribution in [0, 0.1) is 11.3 Å². The number of nitrogens with one attached hydrogen (secondary N) is 1. The predicted molar refractivity (Wildman–Crippen MR) is 71.8 cm³/mol. The normalized spacial score (nSPS) is 12.8. The van der Waals surface area contributed by atoms with E-state index in [2.05, 4.69) is 5.32 Å². The van der Waals surface area contributed by atoms with Crippen LogP contribution in [0.25, 0.3) is 0 Å². The second-order valence-corrected chi connectivity index (χ2v) is 4.49. The van der Waals surface area contributed by atoms with E-state index in [1.165, 1.54) is 6.20 Å². The van der Waals surface area contributed by atoms with Crippen molar-refractivity contribution in [1.29, 1.82) is 5.26 Å². The van der Waals surface area contributed by atoms with Gasteiger partial charge in [-0.1, -0.05) is 6.07 Å². The summed E-state index contributed by atoms with van der Waals surface area (Å²) in [7, 11) is 3.50. The number of nitrogens with zero attached hydrogens (tertiary/aromatic N) is 2. The second kappa shape index (κ2) is 5.97. The molecule has 0 aromatic heterocycles. The van der Waals surface area contributed by atoms with E-state index in [0.29, 0.717) is 18.0 Å². The first-order valence-electron chi connectivity index (χ1n) is 6.05. The van der Waals surface area contributed by atoms with Gasteiger partial charge in [0.25, 0.3) is 5.91 Å². The van der Waals surface area contributed by atoms with Crippen LogP contribution in [-0.4, -0.2) is 31.7 Å². The van der Waals surface area contributed by atoms with Crippen molar-refractivity contribution in [3.8, 4) is 17.6 Å². The van der Waals surface area contributed by atoms with E-state index in [0.717, 1.165) is 5.56 Å². The molecule has 0 bridgehead atoms. The average molecular weight is 273 g/mol. The molecule has 6 nitrogen and oxygen atoms in total. The zero-order chi connectivity index (χ0) is 14.5. The molecule has 0 aliphatic carbocycles. The third-order valence-corrected chi connectivity index (χ3v) is 2.64. The Bertz CT molecular complexity index is 588. The molecule has 1 aliphatic heterocycles. The maximum absolute atomic E-state index is 11.8. The standard InChI is InChI=1S/C14H15N3O3/c1-17(2)8-11(6-15)14(18)16-7-10-3-4-12-13(5-10)20-9-19-12/h3-5,8H,7,9H2,1-2H3,(H,16,18). The Balaban J connectivity index is 1.98. The number of nitriles is 1. The van der Waals surface area contributed by atoms with Gasteiger partial charge in [0.05, 0.1) is 0 Å². The first-order valence-corrected chi connectivity index (χ1v) is 6.05. The van der Waals surface area contributed by atoms with Crippen molar-refractivity contribution in [2.24, 2.45) is 0 Å². The molecule has 2 rings (SSSR count). The van der Waals surface area contributed by atoms with Gasteiger partial charge in [0, 0.05) is 26.8 Å². The van der Waals surface area contributed by atoms with Crippen LogP contribution in [0.5, 0.6) is 11.5 Å². The minimum absolute atomic E-state index is 0.0655. The molecule has 104 valence electrons. The van der Waals surface area contributed by atoms with Crippen molar-refractivity contribution in [1.82, 2.24) is 10.2 Å². The number of hydrogen-bond acceptors (Lipinski definition) is 5. The third kappa shape index (κ3) is 3.20. The van der Waals surface area contributed by atoms with E-state index in [1.807, 2.05) is 18.2 Å². The zero-order valence-electron chi connectivity index (χ0n) is 11.3. The van der Waals surface area contributed by atoms with Crippen LogP contribution < -0.4 is 14.8 Å². The van der Waals surface area contributed by atoms with E-state index in [4.69, 9.17) is 14.7 Å². The van der Waals surface area contributed by atoms with Gasteiger partial charge in [-0.25, -0.2) is 0 Å². The lowest BCUT2D eigenvalue weighted by molar-refractivity contribution is -0.117. The van der Waals surface area contributed by atoms with E-state index < -0.39 is 5.91 Å². The molecule has 20 heavy (non-hydrogen) atoms. The summed E-state index contributed by atoms with van der Waals surface area (Å²) in [5.41, 5.74) is 0.945. The van der Waals surface area contributed by atoms with Crippen molar-refractivity contribution in [3.05, 3.63) is 35.5 Å². The zero-order valence-corrected chi connectivity index (χ0v) is 11.3. The smallest absolute Gasteiger partial charge is 0.263 e. The summed E-state index contributed by atoms with van der Waals surface area (Å²) in [6, 6.07) is 7.32. The summed E-state index contributed by atoms with van der Waals surface area (Å²) in [5, 5.41) is 11.6. The van der Waals surface area contributed by atoms with Crippen molar-refractivity contribution in [3.63, 3.8) is 0 Å². The van der Waals surface area contributed by atoms with Crippen LogP contribution in [0.1, 0.15) is 5.56 Å². The highest BCUT2D eigenvalue weighted by Crippen LogP contribution is 2.32. The van der Waals surface area contributed by atoms with Crippen LogP contribution in [0.3, 0.4) is 0 Å². The molecule has 0 radical (unpaired) electrons. The summed E-state index contributed by atoms with van der Waals surface area (Å²) in [4.78, 5) is 13.5. The Morgan fingerprint density at radius 1 is 1.45 bits per heavy atom. The van der Waals surface area contributed by atoms with E-state index in [1.54, 1.807) is 25.1 Å². The molecule has 1 aromatic rings. The predicted octanol–water partition coefficient (Wildman–Crippen LogP) is 1.00. The SMILES string of the molecule is CN(C)C=C(C#N)C(=O)NCc1ccc2c(c1)OCO2. The van der Waals surface area contributed by atoms with Gasteiger partial charge in [-0.15, -0.1) is 0 Å². The number of amides is 1. The highest BCUT2D eigenvalue weighted by Gasteiger charge is 2.14. The van der Waals surface area contributed by atoms with Crippen molar-refractivity contribution >= 4 is 5.91 Å². The van der Waals surface area contributed by atoms with E-state index in [9.17, 15) is 4.79 Å². The van der Waals surface area contributed by atoms with E-state index in [-0.39, 0.29) is 12.4 Å². The molecule has 1 aliphatic rings. The molecule has 0 fully saturated rings. The fourth-order valence-electron chi connectivity index (χ4n) is 1.72. The van der Waals surface area contributed by atoms with Crippen molar-refractivity contribution < 1.29 is 14.3 Å². The van der Waals surface area contributed by atoms with Crippen LogP contribution in [-0.2, 0) is 11.3 Å². The molecule has 6 heteroatoms. The lowest BCUT2D eigenvalue weighted by atomic mass is 10.2. The van der Waals surface area contributed by atoms with Gasteiger partial charge in [0.1, 0.15) is 11.6 Å². The van der Waals surface area contributed by atoms with Gasteiger partial charge in [0.2, 0.25) is 6.79 Å². The third-order valence-electron chi connectivity index (χ3n) is 2.64. The molecule has 0 saturated carbocycles. The molecular formula is C14H15N3O3. The number of carbonyl (C=O) groups is 1. The number of carbonyl (C=O) groups excluding carboxylic acids is 1. The Morgan fingerprint density at radius 3 is 2.90 bits per heavy atom. The van der Waals surface area contributed by atoms with Gasteiger partial charge in [0.15, 0.2) is 11.5 Å². The largest absolute Gasteiger partial charge is 0.454 e. The summed E-state index contributed by atoms with van der Waals surface area (Å²) < 4.78 is 10.5. The second-order valence-electron chi connectivity index (χ2n) is 4.49. The molecule has 1 N–H and O–H groups in total. The first kappa shape index (κ1) is 13.7. The maximum Gasteiger partial charge on any atom is 0.263 e. The summed E-state index contributed by atoms with van der Waals surface area (Å²) >= 11 is 0. The quantitative estimate of drug-likeness (QED) is 0.654. The fraction of sp³-hybridized carbons (Fsp3) is 0.286. The molecule has 0 atom stereocenters. The number of benzene rings is 1. The Morgan fingerprint density at radius 2 is 2.20 bits per heavy atom. The van der Waals surface area contributed by atoms with Crippen LogP contribution in [0.4, 0.5) is 0 Å². The lowest BCUT2D eigenvalue weighted by Gasteiger charge is -2.08. The Labute approximate surface area is 117 Å². The van der Waals surface area contributed by atoms with Gasteiger partial charge in [-0.2, -0.15) is 5.26 Å². The number of rotatable bonds is 4. The Hall–Kier alpha value is -2.68. The van der Waals surface area contributed by atoms with Gasteiger partial charge < -0.3 is 19.7 Å². The molecule has 1 amide bonds. The number of hydrogen-bond donors (Lipinski definition) is 1. The highest BCUT2D eigenvalue weighted by atomic mass is 16.7. The topological polar surface area (TPSA) is 74.6 Å². The van der Waals surface area contributed by atoms with Gasteiger partial charge in [-0.3, -0.25) is 4.79 Å². The van der Waals surface area contributed by atoms with E-state index >= 15 is 0 Å². The minimum Gasteiger partial charge on any atom is -0.454 e. The number of ether oxygens (including phenoxy) is 2. The van der Waals surface area contributed by atoms with Crippen molar-refractivity contribution in [2.75, 3.05) is 20.9 Å². The average Bonchev–Trinajstić information content (AvgIpc) is 2.89. The summed E-state index contributed by atoms with van der Waals surface area (Å²) in [6.45, 7) is 0.539. The van der Waals surface area contributed by atoms with Crippen molar-refractivity contribution in [2.45, 2.75) is 6.54 Å². The number of fused-ring (bicyclic) bond motifs is 1. The van der Waals surface area contributed by atoms with Crippen LogP contribution in [0.2, 0.25) is 0 Å². The van der Waals surface area contributed by atoms with Crippen LogP contribution >= 0.6 is 0 Å². The highest BCUT2D eigenvalue weighted by molar-refractivity contribution is 5.97. The lowest BCUT2D eigenvalue weighted by Crippen LogP contribution is -2.25. The molecular weight excluding hydrogens is 258 g/mol. The van der Waals surface area contributed by atoms with Gasteiger partial charge in [-0.05, 0) is 17.7 Å². The van der Waals surface area contributed by atoms with Gasteiger partial charge >= 0.3 is 0 Å². The fourth-order valence-corrected chi connectivity index (χ4v) is 1.72. The molecule has 0 saturated heterocycles. The summed E-state index contributed by atoms with van der Waals surface area (Å²) in [5.74, 6) is 0.963. The molecule has 1 heterocycles. The molecule has 0 unspecified atom stereocenters.